The molecule has 1 aromatic heterocycles. The van der Waals surface area contributed by atoms with Crippen LogP contribution in [0.15, 0.2) is 42.5 Å². The number of amides is 2. The second kappa shape index (κ2) is 14.6. The first kappa shape index (κ1) is 33.5. The van der Waals surface area contributed by atoms with Crippen LogP contribution >= 0.6 is 11.6 Å². The number of aromatic nitrogens is 3. The molecule has 0 atom stereocenters. The average Bonchev–Trinajstić information content (AvgIpc) is 2.99. The summed E-state index contributed by atoms with van der Waals surface area (Å²) < 4.78 is 49.1. The minimum Gasteiger partial charge on any atom is -0.492 e. The highest BCUT2D eigenvalue weighted by Crippen LogP contribution is 2.27. The van der Waals surface area contributed by atoms with Gasteiger partial charge in [0.15, 0.2) is 6.61 Å². The summed E-state index contributed by atoms with van der Waals surface area (Å²) in [5.41, 5.74) is 6.72. The summed E-state index contributed by atoms with van der Waals surface area (Å²) in [6, 6.07) is 10.9. The van der Waals surface area contributed by atoms with Crippen LogP contribution in [0.3, 0.4) is 0 Å². The van der Waals surface area contributed by atoms with Crippen molar-refractivity contribution in [1.82, 2.24) is 25.2 Å². The fourth-order valence-corrected chi connectivity index (χ4v) is 4.60. The largest absolute Gasteiger partial charge is 0.492 e. The standard InChI is InChI=1S/C29H34ClF3N8O4/c1-28(2)15-36-24(43)19-5-7-20(8-6-19)37-26-38-25(39-27(40-26)45-17-29(31,32)33)35-14-18-4-9-22(21(30)12-18)44-11-3-10-41(16-28)23(42)13-34/h4-9,12H,3,10-11,13-17,34H2,1-2H3,(H,36,43)(H2,35,37,38,39,40). The van der Waals surface area contributed by atoms with Gasteiger partial charge in [-0.15, -0.1) is 0 Å². The molecule has 16 heteroatoms. The second-order valence-corrected chi connectivity index (χ2v) is 11.5. The van der Waals surface area contributed by atoms with E-state index in [-0.39, 0.29) is 50.0 Å². The quantitative estimate of drug-likeness (QED) is 0.325. The van der Waals surface area contributed by atoms with Crippen LogP contribution < -0.4 is 31.2 Å². The van der Waals surface area contributed by atoms with Gasteiger partial charge >= 0.3 is 12.2 Å². The summed E-state index contributed by atoms with van der Waals surface area (Å²) in [5, 5.41) is 9.08. The number of nitrogens with two attached hydrogens (primary N) is 1. The molecule has 5 heterocycles. The van der Waals surface area contributed by atoms with Crippen molar-refractivity contribution < 1.29 is 32.2 Å². The Labute approximate surface area is 262 Å². The van der Waals surface area contributed by atoms with Crippen LogP contribution in [0, 0.1) is 5.41 Å². The van der Waals surface area contributed by atoms with Crippen LogP contribution in [0.5, 0.6) is 11.8 Å². The topological polar surface area (TPSA) is 157 Å². The Bertz CT molecular complexity index is 1490. The lowest BCUT2D eigenvalue weighted by atomic mass is 9.92. The zero-order chi connectivity index (χ0) is 32.6. The molecule has 2 amide bonds. The third kappa shape index (κ3) is 10.4. The molecule has 2 aromatic carbocycles. The summed E-state index contributed by atoms with van der Waals surface area (Å²) in [6.45, 7) is 3.61. The Hall–Kier alpha value is -4.37. The first-order valence-corrected chi connectivity index (χ1v) is 14.4. The maximum absolute atomic E-state index is 12.9. The molecule has 4 aliphatic heterocycles. The monoisotopic (exact) mass is 650 g/mol. The van der Waals surface area contributed by atoms with E-state index in [1.54, 1.807) is 47.4 Å². The molecule has 4 aliphatic rings. The number of nitrogens with one attached hydrogen (secondary N) is 3. The molecule has 0 radical (unpaired) electrons. The van der Waals surface area contributed by atoms with Crippen LogP contribution in [-0.4, -0.2) is 77.2 Å². The third-order valence-corrected chi connectivity index (χ3v) is 6.83. The molecule has 0 unspecified atom stereocenters. The van der Waals surface area contributed by atoms with Crippen molar-refractivity contribution in [3.8, 4) is 11.8 Å². The molecule has 0 fully saturated rings. The number of hydrogen-bond acceptors (Lipinski definition) is 10. The van der Waals surface area contributed by atoms with Crippen molar-refractivity contribution in [2.45, 2.75) is 33.0 Å². The van der Waals surface area contributed by atoms with Gasteiger partial charge in [0.1, 0.15) is 5.75 Å². The van der Waals surface area contributed by atoms with Crippen LogP contribution in [-0.2, 0) is 11.3 Å². The summed E-state index contributed by atoms with van der Waals surface area (Å²) in [5.74, 6) is -0.237. The fraction of sp³-hybridized carbons (Fsp3) is 0.414. The Morgan fingerprint density at radius 1 is 1.11 bits per heavy atom. The van der Waals surface area contributed by atoms with Crippen molar-refractivity contribution in [3.63, 3.8) is 0 Å². The molecular formula is C29H34ClF3N8O4. The van der Waals surface area contributed by atoms with E-state index in [9.17, 15) is 22.8 Å². The summed E-state index contributed by atoms with van der Waals surface area (Å²) in [7, 11) is 0. The van der Waals surface area contributed by atoms with E-state index in [2.05, 4.69) is 30.9 Å². The van der Waals surface area contributed by atoms with Crippen LogP contribution in [0.4, 0.5) is 30.8 Å². The lowest BCUT2D eigenvalue weighted by molar-refractivity contribution is -0.154. The van der Waals surface area contributed by atoms with Crippen molar-refractivity contribution in [2.75, 3.05) is 50.0 Å². The molecule has 12 nitrogen and oxygen atoms in total. The lowest BCUT2D eigenvalue weighted by Gasteiger charge is -2.33. The molecule has 0 aliphatic carbocycles. The number of alkyl halides is 3. The number of rotatable bonds is 3. The maximum atomic E-state index is 12.9. The minimum atomic E-state index is -4.60. The van der Waals surface area contributed by atoms with E-state index in [1.165, 1.54) is 0 Å². The van der Waals surface area contributed by atoms with Gasteiger partial charge in [-0.05, 0) is 53.8 Å². The highest BCUT2D eigenvalue weighted by atomic mass is 35.5. The first-order valence-electron chi connectivity index (χ1n) is 14.0. The third-order valence-electron chi connectivity index (χ3n) is 6.53. The molecular weight excluding hydrogens is 617 g/mol. The maximum Gasteiger partial charge on any atom is 0.422 e. The number of anilines is 3. The number of hydrogen-bond donors (Lipinski definition) is 4. The minimum absolute atomic E-state index is 0.0502. The Balaban J connectivity index is 1.61. The SMILES string of the molecule is CC1(C)CNC(=O)c2ccc(cc2)Nc2nc(nc(OCC(F)(F)F)n2)NCc2ccc(c(Cl)c2)OCCCN(C(=O)CN)C1. The molecule has 0 saturated heterocycles. The molecule has 45 heavy (non-hydrogen) atoms. The highest BCUT2D eigenvalue weighted by molar-refractivity contribution is 6.32. The fourth-order valence-electron chi connectivity index (χ4n) is 4.34. The van der Waals surface area contributed by atoms with Gasteiger partial charge in [0.2, 0.25) is 17.8 Å². The Kier molecular flexibility index (Phi) is 10.9. The smallest absolute Gasteiger partial charge is 0.422 e. The molecule has 0 saturated carbocycles. The number of carbonyl (C=O) groups is 2. The van der Waals surface area contributed by atoms with Gasteiger partial charge < -0.3 is 36.1 Å². The van der Waals surface area contributed by atoms with Gasteiger partial charge in [-0.2, -0.15) is 28.1 Å². The molecule has 0 spiro atoms. The van der Waals surface area contributed by atoms with Gasteiger partial charge in [-0.3, -0.25) is 9.59 Å². The highest BCUT2D eigenvalue weighted by Gasteiger charge is 2.29. The lowest BCUT2D eigenvalue weighted by Crippen LogP contribution is -2.46. The van der Waals surface area contributed by atoms with Crippen LogP contribution in [0.2, 0.25) is 5.02 Å². The van der Waals surface area contributed by atoms with Crippen molar-refractivity contribution >= 4 is 41.0 Å². The van der Waals surface area contributed by atoms with Gasteiger partial charge in [-0.1, -0.05) is 31.5 Å². The van der Waals surface area contributed by atoms with Crippen LogP contribution in [0.25, 0.3) is 0 Å². The second-order valence-electron chi connectivity index (χ2n) is 11.1. The van der Waals surface area contributed by atoms with E-state index in [1.807, 2.05) is 13.8 Å². The Morgan fingerprint density at radius 3 is 2.53 bits per heavy atom. The normalized spacial score (nSPS) is 16.1. The molecule has 5 N–H and O–H groups in total. The van der Waals surface area contributed by atoms with E-state index in [0.717, 1.165) is 0 Å². The summed E-state index contributed by atoms with van der Waals surface area (Å²) >= 11 is 6.44. The Morgan fingerprint density at radius 2 is 1.84 bits per heavy atom. The molecule has 3 aromatic rings. The predicted molar refractivity (Wildman–Crippen MR) is 162 cm³/mol. The van der Waals surface area contributed by atoms with E-state index in [0.29, 0.717) is 47.1 Å². The summed E-state index contributed by atoms with van der Waals surface area (Å²) in [4.78, 5) is 39.3. The van der Waals surface area contributed by atoms with Gasteiger partial charge in [0.25, 0.3) is 5.91 Å². The van der Waals surface area contributed by atoms with Gasteiger partial charge in [0.05, 0.1) is 18.2 Å². The number of ether oxygens (including phenoxy) is 2. The number of nitrogens with zero attached hydrogens (tertiary/aromatic N) is 4. The zero-order valence-electron chi connectivity index (χ0n) is 24.7. The van der Waals surface area contributed by atoms with Gasteiger partial charge in [-0.25, -0.2) is 0 Å². The van der Waals surface area contributed by atoms with Crippen molar-refractivity contribution in [1.29, 1.82) is 0 Å². The number of benzene rings is 2. The van der Waals surface area contributed by atoms with E-state index < -0.39 is 24.2 Å². The zero-order valence-corrected chi connectivity index (χ0v) is 25.5. The first-order chi connectivity index (χ1) is 21.3. The van der Waals surface area contributed by atoms with E-state index in [4.69, 9.17) is 26.8 Å². The van der Waals surface area contributed by atoms with Crippen molar-refractivity contribution in [3.05, 3.63) is 58.6 Å². The predicted octanol–water partition coefficient (Wildman–Crippen LogP) is 4.15. The number of carbonyl (C=O) groups excluding carboxylic acids is 2. The number of halogens is 4. The van der Waals surface area contributed by atoms with Crippen molar-refractivity contribution in [2.24, 2.45) is 11.1 Å². The summed E-state index contributed by atoms with van der Waals surface area (Å²) in [6.07, 6.45) is -4.09. The van der Waals surface area contributed by atoms with Crippen LogP contribution in [0.1, 0.15) is 36.2 Å². The molecule has 242 valence electrons. The van der Waals surface area contributed by atoms with Gasteiger partial charge in [0, 0.05) is 37.4 Å². The molecule has 7 rings (SSSR count). The molecule has 6 bridgehead atoms. The van der Waals surface area contributed by atoms with E-state index >= 15 is 0 Å². The average molecular weight is 651 g/mol.